The molecule has 31 heavy (non-hydrogen) atoms. The molecule has 0 spiro atoms. The minimum Gasteiger partial charge on any atom is -0.350 e. The van der Waals surface area contributed by atoms with Crippen molar-refractivity contribution in [2.24, 2.45) is 0 Å². The Balaban J connectivity index is 1.97. The van der Waals surface area contributed by atoms with Crippen LogP contribution in [-0.2, 0) is 16.1 Å². The second-order valence-corrected chi connectivity index (χ2v) is 8.69. The highest BCUT2D eigenvalue weighted by Gasteiger charge is 2.25. The fourth-order valence-electron chi connectivity index (χ4n) is 2.73. The predicted octanol–water partition coefficient (Wildman–Crippen LogP) is 3.67. The Morgan fingerprint density at radius 2 is 1.71 bits per heavy atom. The number of nitrogens with one attached hydrogen (secondary N) is 3. The number of hydrogen-bond donors (Lipinski definition) is 3. The van der Waals surface area contributed by atoms with Crippen molar-refractivity contribution >= 4 is 52.7 Å². The second kappa shape index (κ2) is 12.6. The Bertz CT molecular complexity index is 912. The van der Waals surface area contributed by atoms with Gasteiger partial charge in [-0.15, -0.1) is 0 Å². The molecule has 0 aliphatic carbocycles. The maximum absolute atomic E-state index is 12.8. The highest BCUT2D eigenvalue weighted by molar-refractivity contribution is 7.98. The molecule has 0 aromatic heterocycles. The van der Waals surface area contributed by atoms with E-state index in [9.17, 15) is 14.4 Å². The summed E-state index contributed by atoms with van der Waals surface area (Å²) in [7, 11) is 0. The van der Waals surface area contributed by atoms with Gasteiger partial charge in [0.2, 0.25) is 11.8 Å². The molecule has 0 bridgehead atoms. The van der Waals surface area contributed by atoms with Gasteiger partial charge < -0.3 is 16.0 Å². The Morgan fingerprint density at radius 1 is 1.00 bits per heavy atom. The molecule has 0 saturated carbocycles. The summed E-state index contributed by atoms with van der Waals surface area (Å²) < 4.78 is 0. The zero-order valence-corrected chi connectivity index (χ0v) is 19.6. The number of amides is 3. The van der Waals surface area contributed by atoms with E-state index >= 15 is 0 Å². The van der Waals surface area contributed by atoms with Crippen LogP contribution in [0.25, 0.3) is 0 Å². The van der Waals surface area contributed by atoms with Crippen molar-refractivity contribution in [3.05, 3.63) is 69.7 Å². The van der Waals surface area contributed by atoms with Crippen LogP contribution in [-0.4, -0.2) is 41.8 Å². The van der Waals surface area contributed by atoms with E-state index in [0.717, 1.165) is 5.56 Å². The summed E-state index contributed by atoms with van der Waals surface area (Å²) in [5.74, 6) is -0.576. The molecule has 3 N–H and O–H groups in total. The lowest BCUT2D eigenvalue weighted by Crippen LogP contribution is -2.52. The summed E-state index contributed by atoms with van der Waals surface area (Å²) in [5, 5.41) is 8.78. The third-order valence-electron chi connectivity index (χ3n) is 4.47. The third-order valence-corrected chi connectivity index (χ3v) is 5.66. The third kappa shape index (κ3) is 8.09. The van der Waals surface area contributed by atoms with Crippen LogP contribution >= 0.6 is 35.0 Å². The van der Waals surface area contributed by atoms with Gasteiger partial charge in [0.1, 0.15) is 12.1 Å². The lowest BCUT2D eigenvalue weighted by molar-refractivity contribution is -0.129. The van der Waals surface area contributed by atoms with Gasteiger partial charge in [-0.2, -0.15) is 11.8 Å². The molecule has 2 unspecified atom stereocenters. The standard InChI is InChI=1S/C22H25Cl2N3O3S/c1-14(20(28)25-13-15-6-4-3-5-7-15)26-22(30)19(10-11-31-2)27-21(29)17-9-8-16(23)12-18(17)24/h3-9,12,14,19H,10-11,13H2,1-2H3,(H,25,28)(H,26,30)(H,27,29). The van der Waals surface area contributed by atoms with E-state index in [4.69, 9.17) is 23.2 Å². The average molecular weight is 482 g/mol. The lowest BCUT2D eigenvalue weighted by atomic mass is 10.1. The minimum atomic E-state index is -0.809. The van der Waals surface area contributed by atoms with Crippen LogP contribution in [0.4, 0.5) is 0 Å². The molecule has 3 amide bonds. The van der Waals surface area contributed by atoms with E-state index < -0.39 is 23.9 Å². The van der Waals surface area contributed by atoms with Gasteiger partial charge >= 0.3 is 0 Å². The lowest BCUT2D eigenvalue weighted by Gasteiger charge is -2.21. The van der Waals surface area contributed by atoms with Crippen LogP contribution < -0.4 is 16.0 Å². The zero-order chi connectivity index (χ0) is 22.8. The molecule has 2 aromatic carbocycles. The van der Waals surface area contributed by atoms with Gasteiger partial charge in [-0.05, 0) is 49.1 Å². The molecule has 0 radical (unpaired) electrons. The summed E-state index contributed by atoms with van der Waals surface area (Å²) in [6.07, 6.45) is 2.31. The average Bonchev–Trinajstić information content (AvgIpc) is 2.75. The van der Waals surface area contributed by atoms with E-state index in [1.54, 1.807) is 24.8 Å². The molecule has 9 heteroatoms. The van der Waals surface area contributed by atoms with E-state index in [2.05, 4.69) is 16.0 Å². The van der Waals surface area contributed by atoms with Gasteiger partial charge in [-0.1, -0.05) is 53.5 Å². The van der Waals surface area contributed by atoms with Crippen LogP contribution in [0.2, 0.25) is 10.0 Å². The van der Waals surface area contributed by atoms with Gasteiger partial charge in [0.05, 0.1) is 10.6 Å². The first-order chi connectivity index (χ1) is 14.8. The monoisotopic (exact) mass is 481 g/mol. The van der Waals surface area contributed by atoms with Gasteiger partial charge in [-0.25, -0.2) is 0 Å². The molecule has 6 nitrogen and oxygen atoms in total. The quantitative estimate of drug-likeness (QED) is 0.483. The zero-order valence-electron chi connectivity index (χ0n) is 17.3. The first-order valence-electron chi connectivity index (χ1n) is 9.68. The molecule has 166 valence electrons. The topological polar surface area (TPSA) is 87.3 Å². The van der Waals surface area contributed by atoms with Gasteiger partial charge in [0.15, 0.2) is 0 Å². The minimum absolute atomic E-state index is 0.197. The largest absolute Gasteiger partial charge is 0.350 e. The van der Waals surface area contributed by atoms with Gasteiger partial charge in [-0.3, -0.25) is 14.4 Å². The van der Waals surface area contributed by atoms with E-state index in [-0.39, 0.29) is 16.5 Å². The maximum Gasteiger partial charge on any atom is 0.253 e. The molecule has 0 saturated heterocycles. The molecule has 0 heterocycles. The van der Waals surface area contributed by atoms with Crippen LogP contribution in [0.15, 0.2) is 48.5 Å². The first-order valence-corrected chi connectivity index (χ1v) is 11.8. The molecule has 0 aliphatic heterocycles. The number of hydrogen-bond acceptors (Lipinski definition) is 4. The van der Waals surface area contributed by atoms with Crippen molar-refractivity contribution < 1.29 is 14.4 Å². The molecule has 0 fully saturated rings. The Labute approximate surface area is 196 Å². The van der Waals surface area contributed by atoms with Crippen LogP contribution in [0.5, 0.6) is 0 Å². The number of carbonyl (C=O) groups excluding carboxylic acids is 3. The molecule has 2 rings (SSSR count). The SMILES string of the molecule is CSCCC(NC(=O)c1ccc(Cl)cc1Cl)C(=O)NC(C)C(=O)NCc1ccccc1. The molecule has 0 aliphatic rings. The number of rotatable bonds is 10. The predicted molar refractivity (Wildman–Crippen MR) is 127 cm³/mol. The van der Waals surface area contributed by atoms with Crippen LogP contribution in [0.1, 0.15) is 29.3 Å². The van der Waals surface area contributed by atoms with Crippen molar-refractivity contribution in [3.8, 4) is 0 Å². The number of benzene rings is 2. The number of halogens is 2. The normalized spacial score (nSPS) is 12.5. The first kappa shape index (κ1) is 25.0. The maximum atomic E-state index is 12.8. The Hall–Kier alpha value is -2.22. The van der Waals surface area contributed by atoms with Crippen LogP contribution in [0.3, 0.4) is 0 Å². The molecular weight excluding hydrogens is 457 g/mol. The Kier molecular flexibility index (Phi) is 10.2. The number of thioether (sulfide) groups is 1. The van der Waals surface area contributed by atoms with Crippen molar-refractivity contribution in [2.75, 3.05) is 12.0 Å². The van der Waals surface area contributed by atoms with Gasteiger partial charge in [0, 0.05) is 11.6 Å². The van der Waals surface area contributed by atoms with Crippen molar-refractivity contribution in [3.63, 3.8) is 0 Å². The van der Waals surface area contributed by atoms with E-state index in [0.29, 0.717) is 23.7 Å². The van der Waals surface area contributed by atoms with E-state index in [1.807, 2.05) is 36.6 Å². The van der Waals surface area contributed by atoms with Crippen molar-refractivity contribution in [1.29, 1.82) is 0 Å². The summed E-state index contributed by atoms with van der Waals surface area (Å²) in [6, 6.07) is 12.4. The summed E-state index contributed by atoms with van der Waals surface area (Å²) in [5.41, 5.74) is 1.18. The van der Waals surface area contributed by atoms with Crippen molar-refractivity contribution in [1.82, 2.24) is 16.0 Å². The van der Waals surface area contributed by atoms with Gasteiger partial charge in [0.25, 0.3) is 5.91 Å². The number of carbonyl (C=O) groups is 3. The fourth-order valence-corrected chi connectivity index (χ4v) is 3.70. The highest BCUT2D eigenvalue weighted by atomic mass is 35.5. The summed E-state index contributed by atoms with van der Waals surface area (Å²) in [6.45, 7) is 1.96. The second-order valence-electron chi connectivity index (χ2n) is 6.87. The molecule has 2 atom stereocenters. The van der Waals surface area contributed by atoms with Crippen molar-refractivity contribution in [2.45, 2.75) is 32.0 Å². The molecular formula is C22H25Cl2N3O3S. The van der Waals surface area contributed by atoms with E-state index in [1.165, 1.54) is 12.1 Å². The summed E-state index contributed by atoms with van der Waals surface area (Å²) >= 11 is 13.5. The highest BCUT2D eigenvalue weighted by Crippen LogP contribution is 2.21. The molecule has 2 aromatic rings. The van der Waals surface area contributed by atoms with Crippen LogP contribution in [0, 0.1) is 0 Å². The fraction of sp³-hybridized carbons (Fsp3) is 0.318. The Morgan fingerprint density at radius 3 is 2.35 bits per heavy atom. The smallest absolute Gasteiger partial charge is 0.253 e. The summed E-state index contributed by atoms with van der Waals surface area (Å²) in [4.78, 5) is 37.8.